The van der Waals surface area contributed by atoms with E-state index in [4.69, 9.17) is 4.74 Å². The van der Waals surface area contributed by atoms with Gasteiger partial charge in [0.25, 0.3) is 5.91 Å². The maximum absolute atomic E-state index is 13.3. The summed E-state index contributed by atoms with van der Waals surface area (Å²) >= 11 is 0. The zero-order chi connectivity index (χ0) is 24.0. The van der Waals surface area contributed by atoms with E-state index in [0.29, 0.717) is 36.4 Å². The summed E-state index contributed by atoms with van der Waals surface area (Å²) in [5.74, 6) is 0.118. The Morgan fingerprint density at radius 3 is 2.59 bits per heavy atom. The van der Waals surface area contributed by atoms with Gasteiger partial charge in [0.05, 0.1) is 17.7 Å². The number of sulfonamides is 1. The molecule has 2 aliphatic heterocycles. The molecule has 1 atom stereocenters. The molecule has 2 aliphatic rings. The smallest absolute Gasteiger partial charge is 0.258 e. The van der Waals surface area contributed by atoms with Crippen LogP contribution in [0.15, 0.2) is 59.5 Å². The lowest BCUT2D eigenvalue weighted by atomic mass is 10.0. The lowest BCUT2D eigenvalue weighted by Gasteiger charge is -2.24. The third-order valence-corrected chi connectivity index (χ3v) is 8.45. The van der Waals surface area contributed by atoms with E-state index in [1.165, 1.54) is 23.5 Å². The zero-order valence-corrected chi connectivity index (χ0v) is 19.8. The van der Waals surface area contributed by atoms with Crippen LogP contribution in [0.1, 0.15) is 30.1 Å². The first kappa shape index (κ1) is 22.4. The molecule has 9 heteroatoms. The quantitative estimate of drug-likeness (QED) is 0.583. The Labute approximate surface area is 198 Å². The number of hydrogen-bond donors (Lipinski definition) is 1. The number of ether oxygens (including phenoxy) is 1. The van der Waals surface area contributed by atoms with Crippen molar-refractivity contribution in [2.24, 2.45) is 0 Å². The van der Waals surface area contributed by atoms with Crippen LogP contribution in [0, 0.1) is 0 Å². The summed E-state index contributed by atoms with van der Waals surface area (Å²) in [7, 11) is -2.33. The van der Waals surface area contributed by atoms with Gasteiger partial charge in [-0.2, -0.15) is 4.31 Å². The molecule has 0 aromatic heterocycles. The highest BCUT2D eigenvalue weighted by atomic mass is 32.2. The summed E-state index contributed by atoms with van der Waals surface area (Å²) in [6.45, 7) is 2.74. The van der Waals surface area contributed by atoms with Crippen molar-refractivity contribution in [1.29, 1.82) is 0 Å². The van der Waals surface area contributed by atoms with Gasteiger partial charge in [-0.05, 0) is 62.2 Å². The Bertz CT molecular complexity index is 1400. The summed E-state index contributed by atoms with van der Waals surface area (Å²) < 4.78 is 32.9. The van der Waals surface area contributed by atoms with Crippen molar-refractivity contribution < 1.29 is 22.7 Å². The van der Waals surface area contributed by atoms with E-state index in [0.717, 1.165) is 16.5 Å². The second-order valence-corrected chi connectivity index (χ2v) is 10.2. The van der Waals surface area contributed by atoms with Gasteiger partial charge in [-0.15, -0.1) is 0 Å². The molecule has 3 aromatic carbocycles. The molecule has 0 spiro atoms. The number of rotatable bonds is 6. The van der Waals surface area contributed by atoms with Gasteiger partial charge in [-0.3, -0.25) is 9.59 Å². The molecule has 2 amide bonds. The van der Waals surface area contributed by atoms with Crippen molar-refractivity contribution in [3.05, 3.63) is 60.2 Å². The highest BCUT2D eigenvalue weighted by Crippen LogP contribution is 2.40. The highest BCUT2D eigenvalue weighted by Gasteiger charge is 2.40. The Kier molecular flexibility index (Phi) is 5.53. The molecule has 1 N–H and O–H groups in total. The van der Waals surface area contributed by atoms with Crippen molar-refractivity contribution >= 4 is 44.0 Å². The zero-order valence-electron chi connectivity index (χ0n) is 18.9. The molecule has 0 unspecified atom stereocenters. The molecule has 1 saturated heterocycles. The fourth-order valence-electron chi connectivity index (χ4n) is 4.86. The van der Waals surface area contributed by atoms with Crippen molar-refractivity contribution in [3.63, 3.8) is 0 Å². The van der Waals surface area contributed by atoms with Gasteiger partial charge in [0.1, 0.15) is 11.8 Å². The second-order valence-electron chi connectivity index (χ2n) is 8.35. The molecule has 2 heterocycles. The van der Waals surface area contributed by atoms with Gasteiger partial charge in [0.15, 0.2) is 0 Å². The largest absolute Gasteiger partial charge is 0.497 e. The molecule has 34 heavy (non-hydrogen) atoms. The standard InChI is InChI=1S/C25H25N3O5S/c1-3-27-21-14-13-20(18-6-4-7-19(23(18)21)25(27)30)26-24(29)22-8-5-15-28(22)34(31,32)17-11-9-16(33-2)10-12-17/h4,6-7,9-14,22H,3,5,8,15H2,1-2H3,(H,26,29)/t22-/m0/s1. The van der Waals surface area contributed by atoms with Crippen LogP contribution in [-0.4, -0.2) is 50.8 Å². The monoisotopic (exact) mass is 479 g/mol. The molecule has 176 valence electrons. The van der Waals surface area contributed by atoms with E-state index in [-0.39, 0.29) is 23.3 Å². The van der Waals surface area contributed by atoms with Crippen molar-refractivity contribution in [3.8, 4) is 5.75 Å². The topological polar surface area (TPSA) is 96.0 Å². The maximum atomic E-state index is 13.3. The van der Waals surface area contributed by atoms with E-state index in [1.807, 2.05) is 19.1 Å². The van der Waals surface area contributed by atoms with Gasteiger partial charge < -0.3 is 15.0 Å². The molecule has 8 nitrogen and oxygen atoms in total. The van der Waals surface area contributed by atoms with Crippen LogP contribution < -0.4 is 15.0 Å². The average molecular weight is 480 g/mol. The average Bonchev–Trinajstić information content (AvgIpc) is 3.46. The van der Waals surface area contributed by atoms with Crippen LogP contribution in [0.5, 0.6) is 5.75 Å². The molecular weight excluding hydrogens is 454 g/mol. The minimum absolute atomic E-state index is 0.0564. The number of carbonyl (C=O) groups excluding carboxylic acids is 2. The highest BCUT2D eigenvalue weighted by molar-refractivity contribution is 7.89. The number of carbonyl (C=O) groups is 2. The molecule has 5 rings (SSSR count). The van der Waals surface area contributed by atoms with Gasteiger partial charge >= 0.3 is 0 Å². The lowest BCUT2D eigenvalue weighted by molar-refractivity contribution is -0.119. The minimum atomic E-state index is -3.85. The van der Waals surface area contributed by atoms with Crippen LogP contribution >= 0.6 is 0 Å². The Balaban J connectivity index is 1.45. The first-order valence-electron chi connectivity index (χ1n) is 11.2. The SMILES string of the molecule is CCN1C(=O)c2cccc3c(NC(=O)[C@@H]4CCCN4S(=O)(=O)c4ccc(OC)cc4)ccc1c23. The van der Waals surface area contributed by atoms with Gasteiger partial charge in [-0.1, -0.05) is 12.1 Å². The van der Waals surface area contributed by atoms with E-state index in [1.54, 1.807) is 35.2 Å². The Morgan fingerprint density at radius 1 is 1.12 bits per heavy atom. The van der Waals surface area contributed by atoms with Crippen LogP contribution in [0.3, 0.4) is 0 Å². The molecule has 0 radical (unpaired) electrons. The third-order valence-electron chi connectivity index (χ3n) is 6.53. The number of nitrogens with one attached hydrogen (secondary N) is 1. The predicted octanol–water partition coefficient (Wildman–Crippen LogP) is 3.62. The van der Waals surface area contributed by atoms with E-state index >= 15 is 0 Å². The van der Waals surface area contributed by atoms with Crippen molar-refractivity contribution in [1.82, 2.24) is 4.31 Å². The van der Waals surface area contributed by atoms with Gasteiger partial charge in [-0.25, -0.2) is 8.42 Å². The third kappa shape index (κ3) is 3.43. The first-order chi connectivity index (χ1) is 16.4. The summed E-state index contributed by atoms with van der Waals surface area (Å²) in [6, 6.07) is 14.4. The van der Waals surface area contributed by atoms with Crippen molar-refractivity contribution in [2.45, 2.75) is 30.7 Å². The summed E-state index contributed by atoms with van der Waals surface area (Å²) in [6.07, 6.45) is 1.03. The van der Waals surface area contributed by atoms with Crippen LogP contribution in [0.2, 0.25) is 0 Å². The molecule has 3 aromatic rings. The number of benzene rings is 3. The molecule has 0 bridgehead atoms. The number of methoxy groups -OCH3 is 1. The number of anilines is 2. The maximum Gasteiger partial charge on any atom is 0.258 e. The second kappa shape index (κ2) is 8.41. The van der Waals surface area contributed by atoms with Crippen LogP contribution in [0.25, 0.3) is 10.8 Å². The predicted molar refractivity (Wildman–Crippen MR) is 130 cm³/mol. The van der Waals surface area contributed by atoms with Crippen LogP contribution in [0.4, 0.5) is 11.4 Å². The number of amides is 2. The van der Waals surface area contributed by atoms with Gasteiger partial charge in [0, 0.05) is 35.1 Å². The molecule has 0 saturated carbocycles. The molecule has 1 fully saturated rings. The minimum Gasteiger partial charge on any atom is -0.497 e. The Hall–Kier alpha value is -3.43. The first-order valence-corrected chi connectivity index (χ1v) is 12.6. The van der Waals surface area contributed by atoms with Crippen molar-refractivity contribution in [2.75, 3.05) is 30.4 Å². The fraction of sp³-hybridized carbons (Fsp3) is 0.280. The number of hydrogen-bond acceptors (Lipinski definition) is 5. The van der Waals surface area contributed by atoms with E-state index < -0.39 is 16.1 Å². The number of nitrogens with zero attached hydrogens (tertiary/aromatic N) is 2. The Morgan fingerprint density at radius 2 is 1.88 bits per heavy atom. The summed E-state index contributed by atoms with van der Waals surface area (Å²) in [4.78, 5) is 27.9. The van der Waals surface area contributed by atoms with Crippen LogP contribution in [-0.2, 0) is 14.8 Å². The van der Waals surface area contributed by atoms with E-state index in [2.05, 4.69) is 5.32 Å². The lowest BCUT2D eigenvalue weighted by Crippen LogP contribution is -2.43. The fourth-order valence-corrected chi connectivity index (χ4v) is 6.51. The van der Waals surface area contributed by atoms with Gasteiger partial charge in [0.2, 0.25) is 15.9 Å². The summed E-state index contributed by atoms with van der Waals surface area (Å²) in [5.41, 5.74) is 1.99. The molecular formula is C25H25N3O5S. The van der Waals surface area contributed by atoms with E-state index in [9.17, 15) is 18.0 Å². The normalized spacial score (nSPS) is 18.0. The summed E-state index contributed by atoms with van der Waals surface area (Å²) in [5, 5.41) is 4.50. The molecule has 0 aliphatic carbocycles.